The van der Waals surface area contributed by atoms with Gasteiger partial charge in [0.05, 0.1) is 10.5 Å². The number of non-ortho nitro benzene ring substituents is 1. The minimum Gasteiger partial charge on any atom is -0.455 e. The molecule has 2 bridgehead atoms. The van der Waals surface area contributed by atoms with Crippen LogP contribution in [0.4, 0.5) is 5.69 Å². The maximum atomic E-state index is 12.4. The third-order valence-corrected chi connectivity index (χ3v) is 5.18. The van der Waals surface area contributed by atoms with Crippen molar-refractivity contribution in [1.29, 1.82) is 0 Å². The Morgan fingerprint density at radius 2 is 1.82 bits per heavy atom. The van der Waals surface area contributed by atoms with Gasteiger partial charge in [0.1, 0.15) is 5.60 Å². The van der Waals surface area contributed by atoms with Gasteiger partial charge < -0.3 is 9.64 Å². The number of likely N-dealkylation sites (tertiary alicyclic amines) is 1. The number of carbonyl (C=O) groups excluding carboxylic acids is 1. The quantitative estimate of drug-likeness (QED) is 0.487. The van der Waals surface area contributed by atoms with Crippen molar-refractivity contribution in [2.45, 2.75) is 25.4 Å². The van der Waals surface area contributed by atoms with Gasteiger partial charge >= 0.3 is 5.97 Å². The number of nitro benzene ring substituents is 1. The molecule has 118 valence electrons. The number of rotatable bonds is 3. The molecule has 2 aliphatic rings. The summed E-state index contributed by atoms with van der Waals surface area (Å²) in [6.07, 6.45) is 2.16. The van der Waals surface area contributed by atoms with Crippen molar-refractivity contribution in [1.82, 2.24) is 4.90 Å². The van der Waals surface area contributed by atoms with Crippen LogP contribution >= 0.6 is 0 Å². The number of nitro groups is 1. The molecule has 2 atom stereocenters. The van der Waals surface area contributed by atoms with Gasteiger partial charge in [0, 0.05) is 37.1 Å². The van der Waals surface area contributed by atoms with Crippen molar-refractivity contribution in [3.8, 4) is 0 Å². The number of hydrogen-bond donors (Lipinski definition) is 0. The van der Waals surface area contributed by atoms with E-state index < -0.39 is 10.5 Å². The Balaban J connectivity index is 1.75. The number of fused-ring (bicyclic) bond motifs is 2. The summed E-state index contributed by atoms with van der Waals surface area (Å²) in [5.74, 6) is 0.329. The molecule has 1 aliphatic heterocycles. The van der Waals surface area contributed by atoms with E-state index in [1.807, 2.05) is 6.92 Å². The maximum absolute atomic E-state index is 12.4. The van der Waals surface area contributed by atoms with E-state index in [4.69, 9.17) is 4.74 Å². The summed E-state index contributed by atoms with van der Waals surface area (Å²) in [5, 5.41) is 10.7. The van der Waals surface area contributed by atoms with Gasteiger partial charge in [0.2, 0.25) is 0 Å². The largest absolute Gasteiger partial charge is 0.455 e. The highest BCUT2D eigenvalue weighted by Gasteiger charge is 2.53. The van der Waals surface area contributed by atoms with Gasteiger partial charge in [0.15, 0.2) is 0 Å². The van der Waals surface area contributed by atoms with Crippen LogP contribution in [0.5, 0.6) is 0 Å². The molecule has 0 unspecified atom stereocenters. The van der Waals surface area contributed by atoms with Gasteiger partial charge in [-0.05, 0) is 38.9 Å². The Kier molecular flexibility index (Phi) is 3.64. The monoisotopic (exact) mass is 304 g/mol. The van der Waals surface area contributed by atoms with Crippen LogP contribution in [-0.2, 0) is 4.74 Å². The van der Waals surface area contributed by atoms with Gasteiger partial charge in [-0.15, -0.1) is 0 Å². The van der Waals surface area contributed by atoms with E-state index in [2.05, 4.69) is 11.9 Å². The topological polar surface area (TPSA) is 72.7 Å². The molecule has 1 aliphatic carbocycles. The molecule has 1 saturated carbocycles. The first-order chi connectivity index (χ1) is 10.4. The Labute approximate surface area is 129 Å². The van der Waals surface area contributed by atoms with Crippen molar-refractivity contribution < 1.29 is 14.5 Å². The highest BCUT2D eigenvalue weighted by Crippen LogP contribution is 2.47. The SMILES string of the molecule is CN1C[C@@H]2CC[C@@H](C1)C2(C)OC(=O)c1ccc([N+](=O)[O-])cc1. The molecule has 0 aromatic heterocycles. The zero-order valence-electron chi connectivity index (χ0n) is 12.8. The number of hydrogen-bond acceptors (Lipinski definition) is 5. The van der Waals surface area contributed by atoms with Crippen LogP contribution < -0.4 is 0 Å². The lowest BCUT2D eigenvalue weighted by atomic mass is 9.82. The van der Waals surface area contributed by atoms with Crippen LogP contribution in [0.15, 0.2) is 24.3 Å². The summed E-state index contributed by atoms with van der Waals surface area (Å²) < 4.78 is 5.87. The summed E-state index contributed by atoms with van der Waals surface area (Å²) in [4.78, 5) is 24.9. The Morgan fingerprint density at radius 1 is 1.27 bits per heavy atom. The van der Waals surface area contributed by atoms with Crippen LogP contribution in [0.3, 0.4) is 0 Å². The number of piperidine rings is 1. The molecule has 0 amide bonds. The third-order valence-electron chi connectivity index (χ3n) is 5.18. The fraction of sp³-hybridized carbons (Fsp3) is 0.562. The van der Waals surface area contributed by atoms with Crippen LogP contribution in [0.25, 0.3) is 0 Å². The number of esters is 1. The molecular formula is C16H20N2O4. The van der Waals surface area contributed by atoms with Crippen molar-refractivity contribution in [2.24, 2.45) is 11.8 Å². The molecule has 1 heterocycles. The minimum absolute atomic E-state index is 0.0258. The van der Waals surface area contributed by atoms with Crippen LogP contribution in [0, 0.1) is 22.0 Å². The van der Waals surface area contributed by atoms with Crippen LogP contribution in [0.2, 0.25) is 0 Å². The minimum atomic E-state index is -0.479. The van der Waals surface area contributed by atoms with Crippen molar-refractivity contribution in [2.75, 3.05) is 20.1 Å². The second kappa shape index (κ2) is 5.35. The first-order valence-electron chi connectivity index (χ1n) is 7.56. The molecule has 3 rings (SSSR count). The summed E-state index contributed by atoms with van der Waals surface area (Å²) in [5.41, 5.74) is -0.0852. The Bertz CT molecular complexity index is 585. The van der Waals surface area contributed by atoms with Gasteiger partial charge in [-0.3, -0.25) is 10.1 Å². The van der Waals surface area contributed by atoms with E-state index in [1.165, 1.54) is 24.3 Å². The first kappa shape index (κ1) is 15.0. The van der Waals surface area contributed by atoms with Crippen molar-refractivity contribution in [3.63, 3.8) is 0 Å². The average molecular weight is 304 g/mol. The highest BCUT2D eigenvalue weighted by molar-refractivity contribution is 5.90. The summed E-state index contributed by atoms with van der Waals surface area (Å²) in [7, 11) is 2.10. The van der Waals surface area contributed by atoms with Crippen molar-refractivity contribution in [3.05, 3.63) is 39.9 Å². The van der Waals surface area contributed by atoms with E-state index in [9.17, 15) is 14.9 Å². The van der Waals surface area contributed by atoms with Gasteiger partial charge in [-0.1, -0.05) is 0 Å². The fourth-order valence-electron chi connectivity index (χ4n) is 3.83. The zero-order chi connectivity index (χ0) is 15.9. The third kappa shape index (κ3) is 2.47. The molecular weight excluding hydrogens is 284 g/mol. The predicted molar refractivity (Wildman–Crippen MR) is 80.6 cm³/mol. The normalized spacial score (nSPS) is 31.0. The number of benzene rings is 1. The van der Waals surface area contributed by atoms with E-state index >= 15 is 0 Å². The summed E-state index contributed by atoms with van der Waals surface area (Å²) in [6.45, 7) is 3.92. The van der Waals surface area contributed by atoms with Gasteiger partial charge in [0.25, 0.3) is 5.69 Å². The zero-order valence-corrected chi connectivity index (χ0v) is 12.8. The number of carbonyl (C=O) groups is 1. The second-order valence-electron chi connectivity index (χ2n) is 6.57. The lowest BCUT2D eigenvalue weighted by Gasteiger charge is -2.43. The maximum Gasteiger partial charge on any atom is 0.338 e. The van der Waals surface area contributed by atoms with E-state index in [0.717, 1.165) is 25.9 Å². The molecule has 0 radical (unpaired) electrons. The second-order valence-corrected chi connectivity index (χ2v) is 6.57. The Hall–Kier alpha value is -1.95. The number of nitrogens with zero attached hydrogens (tertiary/aromatic N) is 2. The summed E-state index contributed by atoms with van der Waals surface area (Å²) in [6, 6.07) is 5.59. The predicted octanol–water partition coefficient (Wildman–Crippen LogP) is 2.48. The van der Waals surface area contributed by atoms with Gasteiger partial charge in [-0.25, -0.2) is 4.79 Å². The highest BCUT2D eigenvalue weighted by atomic mass is 16.6. The lowest BCUT2D eigenvalue weighted by molar-refractivity contribution is -0.384. The summed E-state index contributed by atoms with van der Waals surface area (Å²) >= 11 is 0. The van der Waals surface area contributed by atoms with Crippen molar-refractivity contribution >= 4 is 11.7 Å². The van der Waals surface area contributed by atoms with Crippen LogP contribution in [0.1, 0.15) is 30.1 Å². The average Bonchev–Trinajstić information content (AvgIpc) is 2.65. The van der Waals surface area contributed by atoms with E-state index in [-0.39, 0.29) is 11.7 Å². The van der Waals surface area contributed by atoms with Gasteiger partial charge in [-0.2, -0.15) is 0 Å². The molecule has 6 heteroatoms. The molecule has 2 fully saturated rings. The first-order valence-corrected chi connectivity index (χ1v) is 7.56. The molecule has 22 heavy (non-hydrogen) atoms. The Morgan fingerprint density at radius 3 is 2.32 bits per heavy atom. The standard InChI is InChI=1S/C16H20N2O4/c1-16(12-5-6-13(16)10-17(2)9-12)22-15(19)11-3-7-14(8-4-11)18(20)21/h3-4,7-8,12-13H,5-6,9-10H2,1-2H3/t12-,13-/m0/s1. The molecule has 0 N–H and O–H groups in total. The molecule has 6 nitrogen and oxygen atoms in total. The van der Waals surface area contributed by atoms with E-state index in [1.54, 1.807) is 0 Å². The van der Waals surface area contributed by atoms with Crippen LogP contribution in [-0.4, -0.2) is 41.5 Å². The fourth-order valence-corrected chi connectivity index (χ4v) is 3.83. The number of ether oxygens (including phenoxy) is 1. The molecule has 0 spiro atoms. The molecule has 1 aromatic rings. The lowest BCUT2D eigenvalue weighted by Crippen LogP contribution is -2.53. The smallest absolute Gasteiger partial charge is 0.338 e. The molecule has 1 aromatic carbocycles. The van der Waals surface area contributed by atoms with E-state index in [0.29, 0.717) is 17.4 Å². The molecule has 1 saturated heterocycles.